The Morgan fingerprint density at radius 2 is 1.63 bits per heavy atom. The van der Waals surface area contributed by atoms with Crippen LogP contribution in [0.3, 0.4) is 0 Å². The minimum atomic E-state index is -4.81. The predicted octanol–water partition coefficient (Wildman–Crippen LogP) is 4.31. The van der Waals surface area contributed by atoms with Crippen LogP contribution in [0.4, 0.5) is 26.3 Å². The van der Waals surface area contributed by atoms with E-state index in [2.05, 4.69) is 5.32 Å². The van der Waals surface area contributed by atoms with Gasteiger partial charge in [0.2, 0.25) is 0 Å². The van der Waals surface area contributed by atoms with Crippen molar-refractivity contribution in [1.82, 2.24) is 5.32 Å². The average molecular weight is 285 g/mol. The molecule has 19 heavy (non-hydrogen) atoms. The molecule has 1 rings (SSSR count). The molecule has 1 aromatic rings. The van der Waals surface area contributed by atoms with Crippen LogP contribution in [-0.4, -0.2) is 12.7 Å². The van der Waals surface area contributed by atoms with Crippen molar-refractivity contribution in [1.29, 1.82) is 0 Å². The van der Waals surface area contributed by atoms with Crippen molar-refractivity contribution in [2.45, 2.75) is 31.7 Å². The van der Waals surface area contributed by atoms with Crippen LogP contribution in [0.25, 0.3) is 0 Å². The van der Waals surface area contributed by atoms with Gasteiger partial charge in [0.25, 0.3) is 0 Å². The van der Waals surface area contributed by atoms with Crippen LogP contribution in [0.2, 0.25) is 0 Å². The summed E-state index contributed by atoms with van der Waals surface area (Å²) in [5, 5.41) is 2.11. The third-order valence-electron chi connectivity index (χ3n) is 2.50. The fourth-order valence-corrected chi connectivity index (χ4v) is 1.70. The Balaban J connectivity index is 3.23. The zero-order chi connectivity index (χ0) is 14.7. The van der Waals surface area contributed by atoms with Crippen LogP contribution in [0.15, 0.2) is 24.3 Å². The molecule has 1 N–H and O–H groups in total. The van der Waals surface area contributed by atoms with E-state index in [1.807, 2.05) is 0 Å². The molecule has 0 aliphatic rings. The van der Waals surface area contributed by atoms with Crippen molar-refractivity contribution in [2.75, 3.05) is 6.54 Å². The van der Waals surface area contributed by atoms with Crippen molar-refractivity contribution >= 4 is 0 Å². The first-order valence-corrected chi connectivity index (χ1v) is 5.64. The molecule has 0 aromatic heterocycles. The Morgan fingerprint density at radius 3 is 2.11 bits per heavy atom. The van der Waals surface area contributed by atoms with Gasteiger partial charge >= 0.3 is 12.4 Å². The second kappa shape index (κ2) is 5.81. The van der Waals surface area contributed by atoms with Gasteiger partial charge in [0.05, 0.1) is 5.56 Å². The van der Waals surface area contributed by atoms with Gasteiger partial charge in [0.1, 0.15) is 6.04 Å². The van der Waals surface area contributed by atoms with Gasteiger partial charge in [-0.1, -0.05) is 25.1 Å². The molecular formula is C12H13F6N. The summed E-state index contributed by atoms with van der Waals surface area (Å²) in [6.07, 6.45) is -9.20. The molecule has 1 atom stereocenters. The van der Waals surface area contributed by atoms with E-state index in [4.69, 9.17) is 0 Å². The normalized spacial score (nSPS) is 14.5. The molecular weight excluding hydrogens is 272 g/mol. The lowest BCUT2D eigenvalue weighted by Crippen LogP contribution is -2.36. The summed E-state index contributed by atoms with van der Waals surface area (Å²) in [5.41, 5.74) is -2.06. The van der Waals surface area contributed by atoms with Crippen molar-refractivity contribution in [3.8, 4) is 0 Å². The highest BCUT2D eigenvalue weighted by Crippen LogP contribution is 2.40. The van der Waals surface area contributed by atoms with E-state index in [-0.39, 0.29) is 6.54 Å². The Kier molecular flexibility index (Phi) is 4.84. The molecule has 0 aliphatic carbocycles. The lowest BCUT2D eigenvalue weighted by Gasteiger charge is -2.24. The van der Waals surface area contributed by atoms with Gasteiger partial charge < -0.3 is 5.32 Å². The van der Waals surface area contributed by atoms with E-state index in [1.54, 1.807) is 6.92 Å². The number of hydrogen-bond acceptors (Lipinski definition) is 1. The molecule has 1 aromatic carbocycles. The standard InChI is InChI=1S/C12H13F6N/c1-2-7-19-10(12(16,17)18)8-5-3-4-6-9(8)11(13,14)15/h3-6,10,19H,2,7H2,1H3. The van der Waals surface area contributed by atoms with Gasteiger partial charge in [-0.2, -0.15) is 26.3 Å². The maximum Gasteiger partial charge on any atom is 0.416 e. The van der Waals surface area contributed by atoms with Crippen molar-refractivity contribution in [3.05, 3.63) is 35.4 Å². The molecule has 1 nitrogen and oxygen atoms in total. The first-order valence-electron chi connectivity index (χ1n) is 5.64. The van der Waals surface area contributed by atoms with E-state index in [0.29, 0.717) is 12.5 Å². The lowest BCUT2D eigenvalue weighted by molar-refractivity contribution is -0.162. The summed E-state index contributed by atoms with van der Waals surface area (Å²) in [7, 11) is 0. The van der Waals surface area contributed by atoms with E-state index in [1.165, 1.54) is 0 Å². The summed E-state index contributed by atoms with van der Waals surface area (Å²) in [5.74, 6) is 0. The van der Waals surface area contributed by atoms with Crippen LogP contribution < -0.4 is 5.32 Å². The van der Waals surface area contributed by atoms with Crippen molar-refractivity contribution in [2.24, 2.45) is 0 Å². The summed E-state index contributed by atoms with van der Waals surface area (Å²) in [4.78, 5) is 0. The van der Waals surface area contributed by atoms with Crippen LogP contribution in [-0.2, 0) is 6.18 Å². The smallest absolute Gasteiger partial charge is 0.302 e. The maximum absolute atomic E-state index is 12.9. The third kappa shape index (κ3) is 4.12. The molecule has 0 saturated carbocycles. The van der Waals surface area contributed by atoms with Gasteiger partial charge in [-0.15, -0.1) is 0 Å². The highest BCUT2D eigenvalue weighted by atomic mass is 19.4. The number of nitrogens with one attached hydrogen (secondary N) is 1. The Bertz CT molecular complexity index is 409. The quantitative estimate of drug-likeness (QED) is 0.813. The van der Waals surface area contributed by atoms with Gasteiger partial charge in [0, 0.05) is 0 Å². The largest absolute Gasteiger partial charge is 0.416 e. The topological polar surface area (TPSA) is 12.0 Å². The van der Waals surface area contributed by atoms with E-state index in [9.17, 15) is 26.3 Å². The van der Waals surface area contributed by atoms with Crippen LogP contribution in [0, 0.1) is 0 Å². The van der Waals surface area contributed by atoms with Gasteiger partial charge in [0.15, 0.2) is 0 Å². The van der Waals surface area contributed by atoms with Gasteiger partial charge in [-0.3, -0.25) is 0 Å². The predicted molar refractivity (Wildman–Crippen MR) is 58.5 cm³/mol. The van der Waals surface area contributed by atoms with Crippen LogP contribution in [0.5, 0.6) is 0 Å². The number of halogens is 6. The van der Waals surface area contributed by atoms with Crippen molar-refractivity contribution < 1.29 is 26.3 Å². The van der Waals surface area contributed by atoms with E-state index < -0.39 is 29.5 Å². The Morgan fingerprint density at radius 1 is 1.05 bits per heavy atom. The molecule has 7 heteroatoms. The molecule has 0 saturated heterocycles. The van der Waals surface area contributed by atoms with Gasteiger partial charge in [-0.05, 0) is 24.6 Å². The second-order valence-corrected chi connectivity index (χ2v) is 4.01. The number of benzene rings is 1. The van der Waals surface area contributed by atoms with E-state index in [0.717, 1.165) is 18.2 Å². The lowest BCUT2D eigenvalue weighted by atomic mass is 9.99. The fourth-order valence-electron chi connectivity index (χ4n) is 1.70. The summed E-state index contributed by atoms with van der Waals surface area (Å²) < 4.78 is 76.8. The third-order valence-corrected chi connectivity index (χ3v) is 2.50. The number of alkyl halides is 6. The van der Waals surface area contributed by atoms with Crippen molar-refractivity contribution in [3.63, 3.8) is 0 Å². The molecule has 0 aliphatic heterocycles. The molecule has 0 bridgehead atoms. The minimum Gasteiger partial charge on any atom is -0.302 e. The molecule has 1 unspecified atom stereocenters. The zero-order valence-corrected chi connectivity index (χ0v) is 10.1. The molecule has 0 amide bonds. The van der Waals surface area contributed by atoms with E-state index >= 15 is 0 Å². The fraction of sp³-hybridized carbons (Fsp3) is 0.500. The first kappa shape index (κ1) is 15.8. The SMILES string of the molecule is CCCNC(c1ccccc1C(F)(F)F)C(F)(F)F. The number of hydrogen-bond donors (Lipinski definition) is 1. The maximum atomic E-state index is 12.9. The average Bonchev–Trinajstić information content (AvgIpc) is 2.27. The highest BCUT2D eigenvalue weighted by Gasteiger charge is 2.45. The zero-order valence-electron chi connectivity index (χ0n) is 10.1. The number of rotatable bonds is 4. The molecule has 0 fully saturated rings. The molecule has 0 radical (unpaired) electrons. The summed E-state index contributed by atoms with van der Waals surface area (Å²) in [6.45, 7) is 1.62. The monoisotopic (exact) mass is 285 g/mol. The molecule has 108 valence electrons. The molecule has 0 spiro atoms. The highest BCUT2D eigenvalue weighted by molar-refractivity contribution is 5.33. The van der Waals surface area contributed by atoms with Gasteiger partial charge in [-0.25, -0.2) is 0 Å². The minimum absolute atomic E-state index is 0.0175. The summed E-state index contributed by atoms with van der Waals surface area (Å²) in [6, 6.07) is 1.42. The second-order valence-electron chi connectivity index (χ2n) is 4.01. The van der Waals surface area contributed by atoms with Crippen LogP contribution >= 0.6 is 0 Å². The first-order chi connectivity index (χ1) is 8.68. The Hall–Kier alpha value is -1.24. The molecule has 0 heterocycles. The van der Waals surface area contributed by atoms with Crippen LogP contribution in [0.1, 0.15) is 30.5 Å². The summed E-state index contributed by atoms with van der Waals surface area (Å²) >= 11 is 0. The Labute approximate surface area is 106 Å².